The highest BCUT2D eigenvalue weighted by Crippen LogP contribution is 2.37. The molecule has 4 rings (SSSR count). The van der Waals surface area contributed by atoms with Crippen LogP contribution in [0.4, 0.5) is 11.4 Å². The first-order valence-electron chi connectivity index (χ1n) is 7.30. The third-order valence-corrected chi connectivity index (χ3v) is 4.21. The first kappa shape index (κ1) is 12.7. The molecule has 0 aliphatic carbocycles. The van der Waals surface area contributed by atoms with Gasteiger partial charge in [-0.05, 0) is 34.0 Å². The lowest BCUT2D eigenvalue weighted by atomic mass is 9.93. The molecule has 0 radical (unpaired) electrons. The van der Waals surface area contributed by atoms with Crippen molar-refractivity contribution in [3.63, 3.8) is 0 Å². The number of rotatable bonds is 1. The Kier molecular flexibility index (Phi) is 2.76. The lowest BCUT2D eigenvalue weighted by Gasteiger charge is -2.13. The van der Waals surface area contributed by atoms with E-state index in [0.717, 1.165) is 32.9 Å². The Balaban J connectivity index is 2.13. The van der Waals surface area contributed by atoms with Crippen LogP contribution in [0.5, 0.6) is 0 Å². The summed E-state index contributed by atoms with van der Waals surface area (Å²) in [6, 6.07) is 24.6. The summed E-state index contributed by atoms with van der Waals surface area (Å²) in [6.45, 7) is 0. The van der Waals surface area contributed by atoms with Gasteiger partial charge < -0.3 is 11.5 Å². The minimum absolute atomic E-state index is 0.805. The molecule has 2 nitrogen and oxygen atoms in total. The molecule has 0 aliphatic heterocycles. The number of anilines is 2. The van der Waals surface area contributed by atoms with E-state index in [9.17, 15) is 0 Å². The van der Waals surface area contributed by atoms with Gasteiger partial charge in [0.15, 0.2) is 0 Å². The van der Waals surface area contributed by atoms with E-state index >= 15 is 0 Å². The van der Waals surface area contributed by atoms with Crippen LogP contribution >= 0.6 is 0 Å². The Bertz CT molecular complexity index is 920. The summed E-state index contributed by atoms with van der Waals surface area (Å²) in [6.07, 6.45) is 0. The summed E-state index contributed by atoms with van der Waals surface area (Å²) in [5.74, 6) is 0. The first-order valence-corrected chi connectivity index (χ1v) is 7.30. The molecule has 4 N–H and O–H groups in total. The molecular weight excluding hydrogens is 268 g/mol. The second-order valence-electron chi connectivity index (χ2n) is 5.50. The first-order chi connectivity index (χ1) is 10.8. The van der Waals surface area contributed by atoms with Crippen molar-refractivity contribution in [2.75, 3.05) is 11.5 Å². The van der Waals surface area contributed by atoms with E-state index in [-0.39, 0.29) is 0 Å². The molecule has 22 heavy (non-hydrogen) atoms. The number of nitrogen functional groups attached to an aromatic ring is 2. The number of nitrogens with two attached hydrogens (primary N) is 2. The second kappa shape index (κ2) is 4.78. The van der Waals surface area contributed by atoms with Crippen molar-refractivity contribution in [2.45, 2.75) is 0 Å². The highest BCUT2D eigenvalue weighted by atomic mass is 14.6. The minimum atomic E-state index is 0.805. The summed E-state index contributed by atoms with van der Waals surface area (Å²) in [5.41, 5.74) is 16.2. The Morgan fingerprint density at radius 1 is 0.409 bits per heavy atom. The molecule has 4 aromatic carbocycles. The fraction of sp³-hybridized carbons (Fsp3) is 0. The predicted octanol–water partition coefficient (Wildman–Crippen LogP) is 4.82. The van der Waals surface area contributed by atoms with Gasteiger partial charge in [0.05, 0.1) is 0 Å². The summed E-state index contributed by atoms with van der Waals surface area (Å²) >= 11 is 0. The molecule has 0 bridgehead atoms. The van der Waals surface area contributed by atoms with Crippen LogP contribution in [0.25, 0.3) is 32.7 Å². The van der Waals surface area contributed by atoms with Gasteiger partial charge in [-0.25, -0.2) is 0 Å². The lowest BCUT2D eigenvalue weighted by Crippen LogP contribution is -1.92. The maximum Gasteiger partial charge on any atom is 0.0394 e. The van der Waals surface area contributed by atoms with Crippen molar-refractivity contribution in [2.24, 2.45) is 0 Å². The van der Waals surface area contributed by atoms with Crippen molar-refractivity contribution in [1.82, 2.24) is 0 Å². The smallest absolute Gasteiger partial charge is 0.0394 e. The summed E-state index contributed by atoms with van der Waals surface area (Å²) in [4.78, 5) is 0. The van der Waals surface area contributed by atoms with Gasteiger partial charge in [-0.15, -0.1) is 0 Å². The second-order valence-corrected chi connectivity index (χ2v) is 5.50. The zero-order chi connectivity index (χ0) is 15.1. The van der Waals surface area contributed by atoms with Crippen molar-refractivity contribution in [3.8, 4) is 11.1 Å². The Morgan fingerprint density at radius 3 is 1.18 bits per heavy atom. The molecule has 0 heterocycles. The van der Waals surface area contributed by atoms with Crippen molar-refractivity contribution in [1.29, 1.82) is 0 Å². The molecule has 0 aromatic heterocycles. The van der Waals surface area contributed by atoms with Crippen LogP contribution in [0.2, 0.25) is 0 Å². The molecule has 2 heteroatoms. The summed E-state index contributed by atoms with van der Waals surface area (Å²) in [7, 11) is 0. The van der Waals surface area contributed by atoms with Crippen molar-refractivity contribution >= 4 is 32.9 Å². The normalized spacial score (nSPS) is 11.1. The monoisotopic (exact) mass is 284 g/mol. The van der Waals surface area contributed by atoms with Gasteiger partial charge in [-0.2, -0.15) is 0 Å². The zero-order valence-electron chi connectivity index (χ0n) is 12.1. The van der Waals surface area contributed by atoms with Gasteiger partial charge in [0.25, 0.3) is 0 Å². The van der Waals surface area contributed by atoms with E-state index in [2.05, 4.69) is 36.4 Å². The predicted molar refractivity (Wildman–Crippen MR) is 95.7 cm³/mol. The molecule has 0 saturated carbocycles. The molecule has 106 valence electrons. The summed E-state index contributed by atoms with van der Waals surface area (Å²) in [5, 5.41) is 4.50. The molecule has 0 atom stereocenters. The third kappa shape index (κ3) is 1.81. The largest absolute Gasteiger partial charge is 0.398 e. The van der Waals surface area contributed by atoms with E-state index < -0.39 is 0 Å². The zero-order valence-corrected chi connectivity index (χ0v) is 12.1. The van der Waals surface area contributed by atoms with Gasteiger partial charge in [0, 0.05) is 22.1 Å². The van der Waals surface area contributed by atoms with E-state index in [4.69, 9.17) is 11.5 Å². The van der Waals surface area contributed by atoms with Gasteiger partial charge in [-0.3, -0.25) is 0 Å². The molecule has 0 saturated heterocycles. The number of hydrogen-bond donors (Lipinski definition) is 2. The van der Waals surface area contributed by atoms with E-state index in [1.54, 1.807) is 0 Å². The number of fused-ring (bicyclic) bond motifs is 2. The van der Waals surface area contributed by atoms with Gasteiger partial charge >= 0.3 is 0 Å². The molecule has 0 spiro atoms. The average Bonchev–Trinajstić information content (AvgIpc) is 2.57. The topological polar surface area (TPSA) is 52.0 Å². The number of hydrogen-bond acceptors (Lipinski definition) is 2. The van der Waals surface area contributed by atoms with Gasteiger partial charge in [0.2, 0.25) is 0 Å². The molecule has 0 aliphatic rings. The highest BCUT2D eigenvalue weighted by Gasteiger charge is 2.10. The quantitative estimate of drug-likeness (QED) is 0.492. The maximum absolute atomic E-state index is 6.12. The SMILES string of the molecule is Nc1ccc(-c2ccc(N)c3ccccc23)c2ccccc12. The molecule has 0 amide bonds. The van der Waals surface area contributed by atoms with Crippen LogP contribution in [0, 0.1) is 0 Å². The van der Waals surface area contributed by atoms with Crippen LogP contribution in [0.1, 0.15) is 0 Å². The number of benzene rings is 4. The molecule has 0 fully saturated rings. The standard InChI is InChI=1S/C20H16N2/c21-19-11-9-15(13-5-1-3-7-17(13)19)16-10-12-20(22)18-8-4-2-6-14(16)18/h1-12H,21-22H2. The van der Waals surface area contributed by atoms with Crippen LogP contribution in [0.3, 0.4) is 0 Å². The van der Waals surface area contributed by atoms with Crippen molar-refractivity contribution < 1.29 is 0 Å². The van der Waals surface area contributed by atoms with Crippen LogP contribution in [-0.2, 0) is 0 Å². The van der Waals surface area contributed by atoms with E-state index in [1.165, 1.54) is 11.1 Å². The molecule has 0 unspecified atom stereocenters. The molecular formula is C20H16N2. The van der Waals surface area contributed by atoms with Gasteiger partial charge in [0.1, 0.15) is 0 Å². The average molecular weight is 284 g/mol. The maximum atomic E-state index is 6.12. The van der Waals surface area contributed by atoms with Gasteiger partial charge in [-0.1, -0.05) is 60.7 Å². The van der Waals surface area contributed by atoms with E-state index in [1.807, 2.05) is 36.4 Å². The highest BCUT2D eigenvalue weighted by molar-refractivity contribution is 6.10. The van der Waals surface area contributed by atoms with Crippen LogP contribution in [-0.4, -0.2) is 0 Å². The Labute approximate surface area is 129 Å². The Morgan fingerprint density at radius 2 is 0.773 bits per heavy atom. The van der Waals surface area contributed by atoms with Crippen molar-refractivity contribution in [3.05, 3.63) is 72.8 Å². The van der Waals surface area contributed by atoms with Crippen LogP contribution < -0.4 is 11.5 Å². The minimum Gasteiger partial charge on any atom is -0.398 e. The fourth-order valence-electron chi connectivity index (χ4n) is 3.11. The fourth-order valence-corrected chi connectivity index (χ4v) is 3.11. The van der Waals surface area contributed by atoms with E-state index in [0.29, 0.717) is 0 Å². The third-order valence-electron chi connectivity index (χ3n) is 4.21. The Hall–Kier alpha value is -3.00. The molecule has 4 aromatic rings. The summed E-state index contributed by atoms with van der Waals surface area (Å²) < 4.78 is 0. The lowest BCUT2D eigenvalue weighted by molar-refractivity contribution is 1.67. The van der Waals surface area contributed by atoms with Crippen LogP contribution in [0.15, 0.2) is 72.8 Å².